The van der Waals surface area contributed by atoms with Crippen LogP contribution in [0.1, 0.15) is 24.8 Å². The molecule has 1 atom stereocenters. The molecular weight excluding hydrogens is 285 g/mol. The van der Waals surface area contributed by atoms with E-state index in [0.717, 1.165) is 44.5 Å². The fourth-order valence-corrected chi connectivity index (χ4v) is 3.11. The first-order chi connectivity index (χ1) is 9.10. The minimum Gasteiger partial charge on any atom is -0.495 e. The monoisotopic (exact) mass is 303 g/mol. The molecule has 1 heterocycles. The summed E-state index contributed by atoms with van der Waals surface area (Å²) in [5.41, 5.74) is 0.997. The van der Waals surface area contributed by atoms with E-state index in [1.807, 2.05) is 6.07 Å². The minimum absolute atomic E-state index is 0.171. The molecule has 0 amide bonds. The van der Waals surface area contributed by atoms with Crippen molar-refractivity contribution in [2.75, 3.05) is 20.2 Å². The Morgan fingerprint density at radius 1 is 1.32 bits per heavy atom. The van der Waals surface area contributed by atoms with E-state index < -0.39 is 0 Å². The Balaban J connectivity index is 2.13. The molecule has 1 fully saturated rings. The first-order valence-electron chi connectivity index (χ1n) is 6.52. The van der Waals surface area contributed by atoms with Crippen molar-refractivity contribution in [1.82, 2.24) is 4.90 Å². The molecule has 1 N–H and O–H groups in total. The van der Waals surface area contributed by atoms with Crippen molar-refractivity contribution in [2.45, 2.75) is 31.9 Å². The van der Waals surface area contributed by atoms with E-state index in [4.69, 9.17) is 27.9 Å². The molecule has 1 aromatic rings. The summed E-state index contributed by atoms with van der Waals surface area (Å²) in [6.07, 6.45) is 2.54. The van der Waals surface area contributed by atoms with Crippen molar-refractivity contribution < 1.29 is 9.84 Å². The van der Waals surface area contributed by atoms with Crippen LogP contribution in [0, 0.1) is 0 Å². The van der Waals surface area contributed by atoms with Gasteiger partial charge in [0, 0.05) is 23.7 Å². The normalized spacial score (nSPS) is 21.2. The average molecular weight is 304 g/mol. The Morgan fingerprint density at radius 3 is 2.84 bits per heavy atom. The standard InChI is InChI=1S/C14H19Cl2NO2/c1-19-14-10(7-11(15)8-13(14)16)9-17-5-2-3-12(18)4-6-17/h7-8,12,18H,2-6,9H2,1H3. The third-order valence-corrected chi connectivity index (χ3v) is 3.97. The molecule has 2 rings (SSSR count). The molecule has 0 aliphatic carbocycles. The van der Waals surface area contributed by atoms with Gasteiger partial charge in [-0.25, -0.2) is 0 Å². The van der Waals surface area contributed by atoms with Crippen LogP contribution >= 0.6 is 23.2 Å². The number of hydrogen-bond acceptors (Lipinski definition) is 3. The molecule has 0 spiro atoms. The van der Waals surface area contributed by atoms with Gasteiger partial charge in [0.1, 0.15) is 5.75 Å². The zero-order valence-electron chi connectivity index (χ0n) is 11.0. The largest absolute Gasteiger partial charge is 0.495 e. The van der Waals surface area contributed by atoms with Gasteiger partial charge in [-0.05, 0) is 37.9 Å². The number of aliphatic hydroxyl groups is 1. The van der Waals surface area contributed by atoms with Crippen molar-refractivity contribution >= 4 is 23.2 Å². The van der Waals surface area contributed by atoms with E-state index in [1.165, 1.54) is 0 Å². The number of ether oxygens (including phenoxy) is 1. The molecule has 3 nitrogen and oxygen atoms in total. The van der Waals surface area contributed by atoms with E-state index in [2.05, 4.69) is 4.90 Å². The molecule has 1 saturated heterocycles. The molecule has 1 unspecified atom stereocenters. The predicted molar refractivity (Wildman–Crippen MR) is 78.1 cm³/mol. The summed E-state index contributed by atoms with van der Waals surface area (Å²) in [6.45, 7) is 2.61. The SMILES string of the molecule is COc1c(Cl)cc(Cl)cc1CN1CCCC(O)CC1. The minimum atomic E-state index is -0.171. The van der Waals surface area contributed by atoms with Gasteiger partial charge < -0.3 is 9.84 Å². The van der Waals surface area contributed by atoms with E-state index >= 15 is 0 Å². The first kappa shape index (κ1) is 14.9. The molecule has 0 radical (unpaired) electrons. The summed E-state index contributed by atoms with van der Waals surface area (Å²) in [5, 5.41) is 10.8. The van der Waals surface area contributed by atoms with E-state index in [0.29, 0.717) is 15.8 Å². The molecule has 0 aromatic heterocycles. The van der Waals surface area contributed by atoms with Crippen LogP contribution in [0.5, 0.6) is 5.75 Å². The molecule has 5 heteroatoms. The molecule has 19 heavy (non-hydrogen) atoms. The molecule has 1 aliphatic heterocycles. The summed E-state index contributed by atoms with van der Waals surface area (Å²) in [6, 6.07) is 3.59. The highest BCUT2D eigenvalue weighted by molar-refractivity contribution is 6.35. The summed E-state index contributed by atoms with van der Waals surface area (Å²) >= 11 is 12.2. The molecule has 106 valence electrons. The Kier molecular flexibility index (Phi) is 5.34. The Labute approximate surface area is 124 Å². The highest BCUT2D eigenvalue weighted by atomic mass is 35.5. The molecule has 1 aromatic carbocycles. The average Bonchev–Trinajstić information content (AvgIpc) is 2.54. The summed E-state index contributed by atoms with van der Waals surface area (Å²) in [5.74, 6) is 0.691. The Morgan fingerprint density at radius 2 is 2.11 bits per heavy atom. The molecule has 1 aliphatic rings. The van der Waals surface area contributed by atoms with Gasteiger partial charge in [0.2, 0.25) is 0 Å². The topological polar surface area (TPSA) is 32.7 Å². The molecule has 0 saturated carbocycles. The number of hydrogen-bond donors (Lipinski definition) is 1. The van der Waals surface area contributed by atoms with Gasteiger partial charge in [-0.3, -0.25) is 4.90 Å². The van der Waals surface area contributed by atoms with Crippen LogP contribution in [0.2, 0.25) is 10.0 Å². The summed E-state index contributed by atoms with van der Waals surface area (Å²) in [4.78, 5) is 2.31. The molecular formula is C14H19Cl2NO2. The number of rotatable bonds is 3. The predicted octanol–water partition coefficient (Wildman–Crippen LogP) is 3.35. The van der Waals surface area contributed by atoms with Crippen molar-refractivity contribution in [3.63, 3.8) is 0 Å². The van der Waals surface area contributed by atoms with Gasteiger partial charge in [-0.1, -0.05) is 23.2 Å². The van der Waals surface area contributed by atoms with E-state index in [-0.39, 0.29) is 6.10 Å². The second-order valence-corrected chi connectivity index (χ2v) is 5.78. The first-order valence-corrected chi connectivity index (χ1v) is 7.28. The van der Waals surface area contributed by atoms with Gasteiger partial charge in [-0.2, -0.15) is 0 Å². The quantitative estimate of drug-likeness (QED) is 0.929. The fraction of sp³-hybridized carbons (Fsp3) is 0.571. The maximum Gasteiger partial charge on any atom is 0.142 e. The summed E-state index contributed by atoms with van der Waals surface area (Å²) < 4.78 is 5.36. The number of likely N-dealkylation sites (tertiary alicyclic amines) is 1. The zero-order valence-corrected chi connectivity index (χ0v) is 12.5. The van der Waals surface area contributed by atoms with Gasteiger partial charge in [0.25, 0.3) is 0 Å². The maximum absolute atomic E-state index is 9.67. The zero-order chi connectivity index (χ0) is 13.8. The number of nitrogens with zero attached hydrogens (tertiary/aromatic N) is 1. The van der Waals surface area contributed by atoms with Gasteiger partial charge in [0.15, 0.2) is 0 Å². The number of methoxy groups -OCH3 is 1. The van der Waals surface area contributed by atoms with Crippen LogP contribution in [0.3, 0.4) is 0 Å². The van der Waals surface area contributed by atoms with Gasteiger partial charge in [0.05, 0.1) is 18.2 Å². The highest BCUT2D eigenvalue weighted by Gasteiger charge is 2.17. The van der Waals surface area contributed by atoms with Crippen LogP contribution in [0.25, 0.3) is 0 Å². The van der Waals surface area contributed by atoms with Crippen LogP contribution in [0.4, 0.5) is 0 Å². The van der Waals surface area contributed by atoms with Crippen molar-refractivity contribution in [2.24, 2.45) is 0 Å². The fourth-order valence-electron chi connectivity index (χ4n) is 2.50. The Hall–Kier alpha value is -0.480. The third-order valence-electron chi connectivity index (χ3n) is 3.47. The Bertz CT molecular complexity index is 440. The highest BCUT2D eigenvalue weighted by Crippen LogP contribution is 2.33. The van der Waals surface area contributed by atoms with Crippen LogP contribution in [-0.4, -0.2) is 36.3 Å². The second-order valence-electron chi connectivity index (χ2n) is 4.94. The third kappa shape index (κ3) is 3.99. The van der Waals surface area contributed by atoms with Crippen LogP contribution in [-0.2, 0) is 6.54 Å². The number of benzene rings is 1. The summed E-state index contributed by atoms with van der Waals surface area (Å²) in [7, 11) is 1.62. The maximum atomic E-state index is 9.67. The van der Waals surface area contributed by atoms with Crippen LogP contribution < -0.4 is 4.74 Å². The second kappa shape index (κ2) is 6.80. The lowest BCUT2D eigenvalue weighted by molar-refractivity contribution is 0.154. The van der Waals surface area contributed by atoms with Gasteiger partial charge in [-0.15, -0.1) is 0 Å². The van der Waals surface area contributed by atoms with Crippen molar-refractivity contribution in [3.05, 3.63) is 27.7 Å². The number of aliphatic hydroxyl groups excluding tert-OH is 1. The van der Waals surface area contributed by atoms with Crippen molar-refractivity contribution in [1.29, 1.82) is 0 Å². The lowest BCUT2D eigenvalue weighted by Gasteiger charge is -2.21. The smallest absolute Gasteiger partial charge is 0.142 e. The molecule has 0 bridgehead atoms. The van der Waals surface area contributed by atoms with Crippen LogP contribution in [0.15, 0.2) is 12.1 Å². The van der Waals surface area contributed by atoms with Gasteiger partial charge >= 0.3 is 0 Å². The van der Waals surface area contributed by atoms with E-state index in [9.17, 15) is 5.11 Å². The lowest BCUT2D eigenvalue weighted by Crippen LogP contribution is -2.25. The van der Waals surface area contributed by atoms with E-state index in [1.54, 1.807) is 13.2 Å². The lowest BCUT2D eigenvalue weighted by atomic mass is 10.1. The number of halogens is 2. The van der Waals surface area contributed by atoms with Crippen molar-refractivity contribution in [3.8, 4) is 5.75 Å².